The van der Waals surface area contributed by atoms with E-state index >= 15 is 0 Å². The van der Waals surface area contributed by atoms with Crippen molar-refractivity contribution in [3.05, 3.63) is 65.4 Å². The molecule has 0 bridgehead atoms. The lowest BCUT2D eigenvalue weighted by atomic mass is 10.0. The van der Waals surface area contributed by atoms with Crippen molar-refractivity contribution in [3.63, 3.8) is 0 Å². The number of rotatable bonds is 8. The van der Waals surface area contributed by atoms with Gasteiger partial charge in [0.15, 0.2) is 0 Å². The molecule has 0 atom stereocenters. The first-order chi connectivity index (χ1) is 18.0. The Bertz CT molecular complexity index is 1400. The minimum atomic E-state index is -0.195. The molecule has 0 aliphatic carbocycles. The Kier molecular flexibility index (Phi) is 8.40. The van der Waals surface area contributed by atoms with Crippen molar-refractivity contribution in [1.82, 2.24) is 9.88 Å². The van der Waals surface area contributed by atoms with Crippen LogP contribution in [0.5, 0.6) is 5.75 Å². The summed E-state index contributed by atoms with van der Waals surface area (Å²) in [5.41, 5.74) is 4.74. The number of hydrogen-bond donors (Lipinski definition) is 2. The summed E-state index contributed by atoms with van der Waals surface area (Å²) in [7, 11) is 0. The third kappa shape index (κ3) is 6.27. The van der Waals surface area contributed by atoms with E-state index in [9.17, 15) is 10.1 Å². The van der Waals surface area contributed by atoms with Crippen molar-refractivity contribution in [2.24, 2.45) is 0 Å². The molecule has 2 N–H and O–H groups in total. The van der Waals surface area contributed by atoms with Gasteiger partial charge in [0.2, 0.25) is 5.91 Å². The van der Waals surface area contributed by atoms with Gasteiger partial charge in [0, 0.05) is 48.1 Å². The third-order valence-electron chi connectivity index (χ3n) is 6.32. The van der Waals surface area contributed by atoms with Crippen LogP contribution in [0.1, 0.15) is 44.2 Å². The number of carbonyl (C=O) groups is 1. The Morgan fingerprint density at radius 3 is 2.76 bits per heavy atom. The molecule has 7 nitrogen and oxygen atoms in total. The number of piperidine rings is 1. The highest BCUT2D eigenvalue weighted by atomic mass is 16.5. The molecule has 3 aromatic rings. The molecular formula is C30H31N5O2. The first-order valence-electron chi connectivity index (χ1n) is 12.6. The van der Waals surface area contributed by atoms with E-state index in [2.05, 4.69) is 39.4 Å². The van der Waals surface area contributed by atoms with E-state index in [0.717, 1.165) is 55.7 Å². The normalized spacial score (nSPS) is 13.5. The van der Waals surface area contributed by atoms with Crippen LogP contribution in [0.25, 0.3) is 10.9 Å². The number of anilines is 3. The Morgan fingerprint density at radius 2 is 2.05 bits per heavy atom. The van der Waals surface area contributed by atoms with Crippen molar-refractivity contribution in [2.45, 2.75) is 33.1 Å². The summed E-state index contributed by atoms with van der Waals surface area (Å²) < 4.78 is 5.83. The number of pyridine rings is 1. The van der Waals surface area contributed by atoms with Crippen molar-refractivity contribution in [1.29, 1.82) is 5.26 Å². The highest BCUT2D eigenvalue weighted by Crippen LogP contribution is 2.36. The fourth-order valence-corrected chi connectivity index (χ4v) is 4.52. The predicted molar refractivity (Wildman–Crippen MR) is 148 cm³/mol. The molecule has 1 saturated heterocycles. The van der Waals surface area contributed by atoms with Gasteiger partial charge in [-0.25, -0.2) is 0 Å². The molecule has 4 rings (SSSR count). The van der Waals surface area contributed by atoms with Gasteiger partial charge in [-0.2, -0.15) is 5.26 Å². The van der Waals surface area contributed by atoms with Crippen LogP contribution in [0.3, 0.4) is 0 Å². The number of ether oxygens (including phenoxy) is 1. The maximum Gasteiger partial charge on any atom is 0.248 e. The monoisotopic (exact) mass is 493 g/mol. The molecule has 0 saturated carbocycles. The second kappa shape index (κ2) is 12.1. The second-order valence-electron chi connectivity index (χ2n) is 8.94. The molecule has 1 fully saturated rings. The summed E-state index contributed by atoms with van der Waals surface area (Å²) in [6.07, 6.45) is 11.7. The zero-order chi connectivity index (χ0) is 26.2. The number of nitriles is 1. The van der Waals surface area contributed by atoms with E-state index in [0.29, 0.717) is 40.2 Å². The molecule has 37 heavy (non-hydrogen) atoms. The standard InChI is InChI=1S/C30H31N5O2/c1-4-12-35-13-10-22(11-14-35)16-29(36)34-27-17-25-26(18-28(27)37-6-3)32-20-23(19-31)30(25)33-24-9-7-8-21(5-2)15-24/h2,7-9,15-18,20H,4,6,10-14H2,1,3H3,(H,32,33)(H,34,36). The molecule has 1 aromatic heterocycles. The van der Waals surface area contributed by atoms with Gasteiger partial charge in [-0.15, -0.1) is 6.42 Å². The highest BCUT2D eigenvalue weighted by Gasteiger charge is 2.17. The van der Waals surface area contributed by atoms with Crippen molar-refractivity contribution < 1.29 is 9.53 Å². The summed E-state index contributed by atoms with van der Waals surface area (Å²) in [5, 5.41) is 16.8. The van der Waals surface area contributed by atoms with Gasteiger partial charge in [-0.3, -0.25) is 9.78 Å². The van der Waals surface area contributed by atoms with Crippen LogP contribution < -0.4 is 15.4 Å². The Labute approximate surface area is 218 Å². The molecule has 1 aliphatic heterocycles. The molecule has 188 valence electrons. The van der Waals surface area contributed by atoms with Gasteiger partial charge in [-0.05, 0) is 57.0 Å². The smallest absolute Gasteiger partial charge is 0.248 e. The van der Waals surface area contributed by atoms with Crippen molar-refractivity contribution >= 4 is 33.9 Å². The highest BCUT2D eigenvalue weighted by molar-refractivity contribution is 6.05. The molecule has 1 aliphatic rings. The zero-order valence-corrected chi connectivity index (χ0v) is 21.3. The molecular weight excluding hydrogens is 462 g/mol. The first kappa shape index (κ1) is 25.8. The summed E-state index contributed by atoms with van der Waals surface area (Å²) in [5.74, 6) is 2.95. The summed E-state index contributed by atoms with van der Waals surface area (Å²) in [6.45, 7) is 7.55. The number of nitrogens with zero attached hydrogens (tertiary/aromatic N) is 3. The van der Waals surface area contributed by atoms with Crippen molar-refractivity contribution in [3.8, 4) is 24.2 Å². The van der Waals surface area contributed by atoms with E-state index in [4.69, 9.17) is 11.2 Å². The van der Waals surface area contributed by atoms with Crippen LogP contribution in [0.2, 0.25) is 0 Å². The van der Waals surface area contributed by atoms with Gasteiger partial charge in [0.25, 0.3) is 0 Å². The number of nitrogens with one attached hydrogen (secondary N) is 2. The maximum absolute atomic E-state index is 13.0. The van der Waals surface area contributed by atoms with E-state index in [1.165, 1.54) is 6.20 Å². The summed E-state index contributed by atoms with van der Waals surface area (Å²) in [4.78, 5) is 19.9. The number of hydrogen-bond acceptors (Lipinski definition) is 6. The van der Waals surface area contributed by atoms with E-state index in [-0.39, 0.29) is 5.91 Å². The number of terminal acetylenes is 1. The van der Waals surface area contributed by atoms with Gasteiger partial charge in [-0.1, -0.05) is 24.5 Å². The van der Waals surface area contributed by atoms with Gasteiger partial charge < -0.3 is 20.3 Å². The molecule has 1 amide bonds. The van der Waals surface area contributed by atoms with Crippen molar-refractivity contribution in [2.75, 3.05) is 36.9 Å². The van der Waals surface area contributed by atoms with Crippen LogP contribution in [-0.4, -0.2) is 42.0 Å². The second-order valence-corrected chi connectivity index (χ2v) is 8.94. The largest absolute Gasteiger partial charge is 0.492 e. The number of amides is 1. The summed E-state index contributed by atoms with van der Waals surface area (Å²) in [6, 6.07) is 13.2. The van der Waals surface area contributed by atoms with Crippen LogP contribution in [0.4, 0.5) is 17.1 Å². The van der Waals surface area contributed by atoms with Crippen LogP contribution >= 0.6 is 0 Å². The predicted octanol–water partition coefficient (Wildman–Crippen LogP) is 5.60. The number of benzene rings is 2. The topological polar surface area (TPSA) is 90.3 Å². The van der Waals surface area contributed by atoms with E-state index in [1.54, 1.807) is 12.1 Å². The Hall–Kier alpha value is -4.33. The average Bonchev–Trinajstić information content (AvgIpc) is 2.91. The number of fused-ring (bicyclic) bond motifs is 1. The fourth-order valence-electron chi connectivity index (χ4n) is 4.52. The van der Waals surface area contributed by atoms with Gasteiger partial charge >= 0.3 is 0 Å². The molecule has 2 heterocycles. The fraction of sp³-hybridized carbons (Fsp3) is 0.300. The lowest BCUT2D eigenvalue weighted by molar-refractivity contribution is -0.112. The molecule has 7 heteroatoms. The molecule has 0 spiro atoms. The SMILES string of the molecule is C#Cc1cccc(Nc2c(C#N)cnc3cc(OCC)c(NC(=O)C=C4CCN(CCC)CC4)cc23)c1. The maximum atomic E-state index is 13.0. The minimum Gasteiger partial charge on any atom is -0.492 e. The molecule has 0 radical (unpaired) electrons. The van der Waals surface area contributed by atoms with Crippen LogP contribution in [-0.2, 0) is 4.79 Å². The first-order valence-corrected chi connectivity index (χ1v) is 12.6. The molecule has 0 unspecified atom stereocenters. The van der Waals surface area contributed by atoms with Crippen LogP contribution in [0, 0.1) is 23.7 Å². The lowest BCUT2D eigenvalue weighted by Crippen LogP contribution is -2.31. The molecule has 2 aromatic carbocycles. The van der Waals surface area contributed by atoms with Gasteiger partial charge in [0.05, 0.1) is 29.1 Å². The number of carbonyl (C=O) groups excluding carboxylic acids is 1. The third-order valence-corrected chi connectivity index (χ3v) is 6.32. The zero-order valence-electron chi connectivity index (χ0n) is 21.3. The Balaban J connectivity index is 1.67. The van der Waals surface area contributed by atoms with E-state index in [1.807, 2.05) is 37.3 Å². The number of aromatic nitrogens is 1. The minimum absolute atomic E-state index is 0.195. The quantitative estimate of drug-likeness (QED) is 0.314. The summed E-state index contributed by atoms with van der Waals surface area (Å²) >= 11 is 0. The number of likely N-dealkylation sites (tertiary alicyclic amines) is 1. The van der Waals surface area contributed by atoms with Crippen LogP contribution in [0.15, 0.2) is 54.2 Å². The lowest BCUT2D eigenvalue weighted by Gasteiger charge is -2.27. The Morgan fingerprint density at radius 1 is 1.24 bits per heavy atom. The van der Waals surface area contributed by atoms with E-state index < -0.39 is 0 Å². The van der Waals surface area contributed by atoms with Gasteiger partial charge in [0.1, 0.15) is 11.8 Å². The average molecular weight is 494 g/mol.